The van der Waals surface area contributed by atoms with E-state index in [1.165, 1.54) is 22.9 Å². The molecule has 1 aromatic carbocycles. The Morgan fingerprint density at radius 1 is 1.27 bits per heavy atom. The van der Waals surface area contributed by atoms with Crippen molar-refractivity contribution in [2.24, 2.45) is 0 Å². The molecule has 134 valence electrons. The van der Waals surface area contributed by atoms with Crippen molar-refractivity contribution in [1.29, 1.82) is 0 Å². The number of benzene rings is 1. The van der Waals surface area contributed by atoms with E-state index in [0.29, 0.717) is 5.75 Å². The van der Waals surface area contributed by atoms with Crippen LogP contribution in [0.5, 0.6) is 0 Å². The number of hydrogen-bond acceptors (Lipinski definition) is 4. The van der Waals surface area contributed by atoms with E-state index in [0.717, 1.165) is 49.0 Å². The van der Waals surface area contributed by atoms with E-state index < -0.39 is 0 Å². The maximum Gasteiger partial charge on any atom is 0.237 e. The van der Waals surface area contributed by atoms with E-state index in [4.69, 9.17) is 0 Å². The van der Waals surface area contributed by atoms with Crippen LogP contribution in [0.1, 0.15) is 31.2 Å². The first-order chi connectivity index (χ1) is 12.8. The summed E-state index contributed by atoms with van der Waals surface area (Å²) in [5.41, 5.74) is 3.50. The summed E-state index contributed by atoms with van der Waals surface area (Å²) < 4.78 is 2.10. The highest BCUT2D eigenvalue weighted by Gasteiger charge is 2.23. The normalized spacial score (nSPS) is 15.9. The molecule has 5 nitrogen and oxygen atoms in total. The van der Waals surface area contributed by atoms with Gasteiger partial charge in [-0.1, -0.05) is 48.2 Å². The molecule has 0 radical (unpaired) electrons. The first kappa shape index (κ1) is 17.1. The summed E-state index contributed by atoms with van der Waals surface area (Å²) in [6.45, 7) is 3.67. The van der Waals surface area contributed by atoms with E-state index in [1.54, 1.807) is 0 Å². The Labute approximate surface area is 157 Å². The van der Waals surface area contributed by atoms with Crippen LogP contribution in [0.15, 0.2) is 47.6 Å². The van der Waals surface area contributed by atoms with Gasteiger partial charge in [0.1, 0.15) is 0 Å². The monoisotopic (exact) mass is 366 g/mol. The summed E-state index contributed by atoms with van der Waals surface area (Å²) in [7, 11) is 0. The molecule has 4 rings (SSSR count). The van der Waals surface area contributed by atoms with E-state index in [-0.39, 0.29) is 5.91 Å². The number of para-hydroxylation sites is 1. The Bertz CT molecular complexity index is 884. The molecule has 26 heavy (non-hydrogen) atoms. The third-order valence-electron chi connectivity index (χ3n) is 4.83. The number of aryl methyl sites for hydroxylation is 1. The number of anilines is 1. The van der Waals surface area contributed by atoms with Gasteiger partial charge in [0.15, 0.2) is 11.0 Å². The van der Waals surface area contributed by atoms with Crippen LogP contribution in [0.2, 0.25) is 0 Å². The van der Waals surface area contributed by atoms with Gasteiger partial charge in [0, 0.05) is 24.4 Å². The predicted octanol–water partition coefficient (Wildman–Crippen LogP) is 3.71. The van der Waals surface area contributed by atoms with Gasteiger partial charge in [-0.3, -0.25) is 4.79 Å². The van der Waals surface area contributed by atoms with Gasteiger partial charge < -0.3 is 9.47 Å². The lowest BCUT2D eigenvalue weighted by atomic mass is 10.0. The maximum absolute atomic E-state index is 12.8. The smallest absolute Gasteiger partial charge is 0.237 e. The molecule has 0 bridgehead atoms. The lowest BCUT2D eigenvalue weighted by Crippen LogP contribution is -2.36. The summed E-state index contributed by atoms with van der Waals surface area (Å²) in [5, 5.41) is 9.50. The van der Waals surface area contributed by atoms with E-state index in [9.17, 15) is 4.79 Å². The van der Waals surface area contributed by atoms with Crippen LogP contribution >= 0.6 is 11.8 Å². The van der Waals surface area contributed by atoms with Gasteiger partial charge in [-0.15, -0.1) is 10.2 Å². The van der Waals surface area contributed by atoms with Crippen LogP contribution in [-0.2, 0) is 17.8 Å². The highest BCUT2D eigenvalue weighted by molar-refractivity contribution is 7.99. The molecule has 0 saturated carbocycles. The SMILES string of the molecule is CCn1c(SCC(=O)N2CCCc3ccccc32)nnc1C1=CC=CC1. The fraction of sp³-hybridized carbons (Fsp3) is 0.350. The second-order valence-electron chi connectivity index (χ2n) is 6.44. The highest BCUT2D eigenvalue weighted by Crippen LogP contribution is 2.29. The number of hydrogen-bond donors (Lipinski definition) is 0. The minimum Gasteiger partial charge on any atom is -0.311 e. The van der Waals surface area contributed by atoms with Crippen molar-refractivity contribution in [3.8, 4) is 0 Å². The van der Waals surface area contributed by atoms with Crippen LogP contribution in [-0.4, -0.2) is 33.0 Å². The zero-order chi connectivity index (χ0) is 17.9. The molecular formula is C20H22N4OS. The quantitative estimate of drug-likeness (QED) is 0.757. The summed E-state index contributed by atoms with van der Waals surface area (Å²) in [4.78, 5) is 14.7. The molecule has 1 aromatic heterocycles. The van der Waals surface area contributed by atoms with E-state index >= 15 is 0 Å². The molecule has 1 amide bonds. The number of nitrogens with zero attached hydrogens (tertiary/aromatic N) is 4. The van der Waals surface area contributed by atoms with Gasteiger partial charge in [-0.25, -0.2) is 0 Å². The molecule has 2 aliphatic rings. The third kappa shape index (κ3) is 3.21. The molecule has 0 fully saturated rings. The summed E-state index contributed by atoms with van der Waals surface area (Å²) >= 11 is 1.48. The van der Waals surface area contributed by atoms with E-state index in [2.05, 4.69) is 39.9 Å². The minimum atomic E-state index is 0.135. The van der Waals surface area contributed by atoms with Gasteiger partial charge >= 0.3 is 0 Å². The average molecular weight is 366 g/mol. The molecule has 2 heterocycles. The fourth-order valence-electron chi connectivity index (χ4n) is 3.53. The predicted molar refractivity (Wildman–Crippen MR) is 105 cm³/mol. The number of carbonyl (C=O) groups excluding carboxylic acids is 1. The Morgan fingerprint density at radius 2 is 2.15 bits per heavy atom. The topological polar surface area (TPSA) is 51.0 Å². The van der Waals surface area contributed by atoms with Gasteiger partial charge in [0.05, 0.1) is 5.75 Å². The Hall–Kier alpha value is -2.34. The van der Waals surface area contributed by atoms with Crippen LogP contribution < -0.4 is 4.90 Å². The lowest BCUT2D eigenvalue weighted by Gasteiger charge is -2.29. The number of rotatable bonds is 5. The number of thioether (sulfide) groups is 1. The fourth-order valence-corrected chi connectivity index (χ4v) is 4.41. The number of allylic oxidation sites excluding steroid dienone is 4. The molecule has 0 unspecified atom stereocenters. The van der Waals surface area contributed by atoms with Crippen molar-refractivity contribution in [3.63, 3.8) is 0 Å². The number of amides is 1. The highest BCUT2D eigenvalue weighted by atomic mass is 32.2. The summed E-state index contributed by atoms with van der Waals surface area (Å²) in [5.74, 6) is 1.43. The first-order valence-corrected chi connectivity index (χ1v) is 10.1. The molecule has 2 aromatic rings. The van der Waals surface area contributed by atoms with Gasteiger partial charge in [-0.2, -0.15) is 0 Å². The molecule has 1 aliphatic carbocycles. The molecule has 0 atom stereocenters. The van der Waals surface area contributed by atoms with Crippen molar-refractivity contribution in [2.45, 2.75) is 37.9 Å². The van der Waals surface area contributed by atoms with Crippen LogP contribution in [0.3, 0.4) is 0 Å². The van der Waals surface area contributed by atoms with Crippen LogP contribution in [0, 0.1) is 0 Å². The van der Waals surface area contributed by atoms with Gasteiger partial charge in [0.25, 0.3) is 0 Å². The standard InChI is InChI=1S/C20H22N4OS/c1-2-23-19(16-9-3-4-10-16)21-22-20(23)26-14-18(25)24-13-7-11-15-8-5-6-12-17(15)24/h3-6,8-9,12H,2,7,10-11,13-14H2,1H3. The van der Waals surface area contributed by atoms with Gasteiger partial charge in [-0.05, 0) is 37.8 Å². The van der Waals surface area contributed by atoms with Crippen molar-refractivity contribution in [2.75, 3.05) is 17.2 Å². The number of fused-ring (bicyclic) bond motifs is 1. The van der Waals surface area contributed by atoms with Gasteiger partial charge in [0.2, 0.25) is 5.91 Å². The van der Waals surface area contributed by atoms with E-state index in [1.807, 2.05) is 29.2 Å². The Morgan fingerprint density at radius 3 is 2.96 bits per heavy atom. The molecule has 0 spiro atoms. The average Bonchev–Trinajstić information content (AvgIpc) is 3.34. The third-order valence-corrected chi connectivity index (χ3v) is 5.78. The molecule has 0 N–H and O–H groups in total. The molecular weight excluding hydrogens is 344 g/mol. The number of aromatic nitrogens is 3. The summed E-state index contributed by atoms with van der Waals surface area (Å²) in [6, 6.07) is 8.20. The lowest BCUT2D eigenvalue weighted by molar-refractivity contribution is -0.116. The molecule has 6 heteroatoms. The minimum absolute atomic E-state index is 0.135. The molecule has 0 saturated heterocycles. The zero-order valence-corrected chi connectivity index (χ0v) is 15.7. The second kappa shape index (κ2) is 7.50. The first-order valence-electron chi connectivity index (χ1n) is 9.08. The maximum atomic E-state index is 12.8. The second-order valence-corrected chi connectivity index (χ2v) is 7.38. The Kier molecular flexibility index (Phi) is 4.93. The van der Waals surface area contributed by atoms with Crippen LogP contribution in [0.4, 0.5) is 5.69 Å². The summed E-state index contributed by atoms with van der Waals surface area (Å²) in [6.07, 6.45) is 9.21. The van der Waals surface area contributed by atoms with Crippen molar-refractivity contribution >= 4 is 28.9 Å². The Balaban J connectivity index is 1.47. The van der Waals surface area contributed by atoms with Crippen molar-refractivity contribution < 1.29 is 4.79 Å². The van der Waals surface area contributed by atoms with Crippen LogP contribution in [0.25, 0.3) is 5.57 Å². The number of carbonyl (C=O) groups is 1. The largest absolute Gasteiger partial charge is 0.311 e. The van der Waals surface area contributed by atoms with Crippen molar-refractivity contribution in [1.82, 2.24) is 14.8 Å². The van der Waals surface area contributed by atoms with Crippen molar-refractivity contribution in [3.05, 3.63) is 53.9 Å². The zero-order valence-electron chi connectivity index (χ0n) is 14.9. The molecule has 1 aliphatic heterocycles.